The van der Waals surface area contributed by atoms with Gasteiger partial charge >= 0.3 is 5.97 Å². The number of allylic oxidation sites excluding steroid dienone is 5. The molecule has 180 valence electrons. The van der Waals surface area contributed by atoms with Crippen molar-refractivity contribution in [2.45, 2.75) is 65.4 Å². The zero-order valence-corrected chi connectivity index (χ0v) is 21.1. The number of fused-ring (bicyclic) bond motifs is 5. The second-order valence-corrected chi connectivity index (χ2v) is 11.5. The zero-order valence-electron chi connectivity index (χ0n) is 21.1. The molecule has 5 unspecified atom stereocenters. The van der Waals surface area contributed by atoms with E-state index in [2.05, 4.69) is 43.1 Å². The van der Waals surface area contributed by atoms with Crippen molar-refractivity contribution in [2.75, 3.05) is 0 Å². The lowest BCUT2D eigenvalue weighted by Crippen LogP contribution is -2.47. The molecule has 0 saturated heterocycles. The lowest BCUT2D eigenvalue weighted by atomic mass is 9.49. The van der Waals surface area contributed by atoms with Crippen LogP contribution in [0.1, 0.15) is 73.9 Å². The molecule has 0 radical (unpaired) electrons. The number of aryl methyl sites for hydroxylation is 1. The number of hydrogen-bond donors (Lipinski definition) is 0. The third kappa shape index (κ3) is 3.54. The number of ether oxygens (including phenoxy) is 1. The van der Waals surface area contributed by atoms with Gasteiger partial charge in [-0.3, -0.25) is 4.98 Å². The van der Waals surface area contributed by atoms with Crippen LogP contribution in [0.2, 0.25) is 0 Å². The molecule has 2 fully saturated rings. The summed E-state index contributed by atoms with van der Waals surface area (Å²) in [6, 6.07) is 12.0. The van der Waals surface area contributed by atoms with Gasteiger partial charge in [-0.25, -0.2) is 4.79 Å². The van der Waals surface area contributed by atoms with Crippen molar-refractivity contribution in [3.63, 3.8) is 0 Å². The van der Waals surface area contributed by atoms with E-state index in [1.807, 2.05) is 49.6 Å². The number of carbonyl (C=O) groups is 1. The second-order valence-electron chi connectivity index (χ2n) is 11.5. The molecule has 0 bridgehead atoms. The van der Waals surface area contributed by atoms with Crippen LogP contribution in [-0.4, -0.2) is 17.1 Å². The fraction of sp³-hybridized carbons (Fsp3) is 0.438. The number of aromatic nitrogens is 1. The largest absolute Gasteiger partial charge is 0.458 e. The summed E-state index contributed by atoms with van der Waals surface area (Å²) in [6.07, 6.45) is 17.6. The summed E-state index contributed by atoms with van der Waals surface area (Å²) in [5, 5.41) is 0. The van der Waals surface area contributed by atoms with Crippen LogP contribution in [0, 0.1) is 29.6 Å². The normalized spacial score (nSPS) is 33.5. The van der Waals surface area contributed by atoms with Crippen LogP contribution in [0.5, 0.6) is 0 Å². The number of benzene rings is 1. The Morgan fingerprint density at radius 1 is 1.06 bits per heavy atom. The Morgan fingerprint density at radius 3 is 2.71 bits per heavy atom. The minimum atomic E-state index is -0.176. The van der Waals surface area contributed by atoms with Crippen molar-refractivity contribution in [2.24, 2.45) is 22.7 Å². The summed E-state index contributed by atoms with van der Waals surface area (Å²) in [5.74, 6) is 1.08. The Kier molecular flexibility index (Phi) is 5.36. The van der Waals surface area contributed by atoms with Crippen molar-refractivity contribution in [3.05, 3.63) is 94.9 Å². The predicted octanol–water partition coefficient (Wildman–Crippen LogP) is 7.49. The molecule has 1 aromatic carbocycles. The van der Waals surface area contributed by atoms with E-state index in [1.165, 1.54) is 29.6 Å². The summed E-state index contributed by atoms with van der Waals surface area (Å²) in [4.78, 5) is 17.2. The molecule has 3 heteroatoms. The van der Waals surface area contributed by atoms with Crippen LogP contribution >= 0.6 is 0 Å². The van der Waals surface area contributed by atoms with Crippen LogP contribution in [0.25, 0.3) is 5.57 Å². The Bertz CT molecular complexity index is 1260. The Hall–Kier alpha value is -2.94. The van der Waals surface area contributed by atoms with Gasteiger partial charge in [-0.15, -0.1) is 0 Å². The van der Waals surface area contributed by atoms with E-state index in [9.17, 15) is 4.79 Å². The molecule has 0 spiro atoms. The number of hydrogen-bond acceptors (Lipinski definition) is 3. The van der Waals surface area contributed by atoms with Gasteiger partial charge < -0.3 is 4.74 Å². The summed E-state index contributed by atoms with van der Waals surface area (Å²) < 4.78 is 6.03. The van der Waals surface area contributed by atoms with E-state index in [-0.39, 0.29) is 22.9 Å². The van der Waals surface area contributed by atoms with Crippen LogP contribution in [0.4, 0.5) is 0 Å². The number of nitrogens with zero attached hydrogens (tertiary/aromatic N) is 1. The molecule has 1 aromatic heterocycles. The number of rotatable bonds is 3. The van der Waals surface area contributed by atoms with Crippen LogP contribution in [-0.2, 0) is 4.74 Å². The zero-order chi connectivity index (χ0) is 24.2. The van der Waals surface area contributed by atoms with Gasteiger partial charge in [0.2, 0.25) is 0 Å². The summed E-state index contributed by atoms with van der Waals surface area (Å²) in [5.41, 5.74) is 7.83. The molecule has 2 aromatic rings. The van der Waals surface area contributed by atoms with Crippen LogP contribution in [0.15, 0.2) is 78.2 Å². The van der Waals surface area contributed by atoms with E-state index in [0.29, 0.717) is 17.4 Å². The maximum absolute atomic E-state index is 12.9. The molecule has 4 aliphatic carbocycles. The van der Waals surface area contributed by atoms with Gasteiger partial charge in [-0.1, -0.05) is 67.5 Å². The van der Waals surface area contributed by atoms with Gasteiger partial charge in [-0.05, 0) is 85.1 Å². The molecule has 6 rings (SSSR count). The molecular formula is C32H35NO2. The van der Waals surface area contributed by atoms with Crippen molar-refractivity contribution in [1.82, 2.24) is 4.98 Å². The highest BCUT2D eigenvalue weighted by Gasteiger charge is 2.54. The van der Waals surface area contributed by atoms with Crippen molar-refractivity contribution < 1.29 is 9.53 Å². The maximum atomic E-state index is 12.9. The quantitative estimate of drug-likeness (QED) is 0.348. The molecule has 0 N–H and O–H groups in total. The van der Waals surface area contributed by atoms with Gasteiger partial charge in [-0.2, -0.15) is 0 Å². The Balaban J connectivity index is 1.21. The fourth-order valence-electron chi connectivity index (χ4n) is 7.69. The Morgan fingerprint density at radius 2 is 1.91 bits per heavy atom. The van der Waals surface area contributed by atoms with E-state index in [4.69, 9.17) is 4.74 Å². The SMILES string of the molecule is Cc1ccccc1C(=O)OC1CCC2(C)C(=CCC3C4=CC=C(c5cccnc5)C4(C)CCC32)C1. The van der Waals surface area contributed by atoms with Gasteiger partial charge in [0.05, 0.1) is 5.56 Å². The second kappa shape index (κ2) is 8.33. The fourth-order valence-corrected chi connectivity index (χ4v) is 7.69. The first kappa shape index (κ1) is 22.5. The number of carbonyl (C=O) groups excluding carboxylic acids is 1. The Labute approximate surface area is 209 Å². The summed E-state index contributed by atoms with van der Waals surface area (Å²) in [6.45, 7) is 6.91. The number of esters is 1. The minimum absolute atomic E-state index is 0.0172. The standard InChI is InChI=1S/C32H35NO2/c1-21-7-4-5-9-25(21)30(34)35-24-14-16-31(2)23(19-24)10-11-26-28-13-12-27(22-8-6-18-33-20-22)32(28,3)17-15-29(26)31/h4-10,12-13,18,20,24,26,29H,11,14-17,19H2,1-3H3. The van der Waals surface area contributed by atoms with Crippen LogP contribution < -0.4 is 0 Å². The molecule has 1 heterocycles. The van der Waals surface area contributed by atoms with Gasteiger partial charge in [0, 0.05) is 24.2 Å². The number of pyridine rings is 1. The molecular weight excluding hydrogens is 430 g/mol. The first-order chi connectivity index (χ1) is 16.9. The lowest BCUT2D eigenvalue weighted by Gasteiger charge is -2.56. The predicted molar refractivity (Wildman–Crippen MR) is 140 cm³/mol. The van der Waals surface area contributed by atoms with E-state index >= 15 is 0 Å². The maximum Gasteiger partial charge on any atom is 0.338 e. The summed E-state index contributed by atoms with van der Waals surface area (Å²) in [7, 11) is 0. The molecule has 0 aliphatic heterocycles. The molecule has 35 heavy (non-hydrogen) atoms. The first-order valence-corrected chi connectivity index (χ1v) is 13.2. The highest BCUT2D eigenvalue weighted by molar-refractivity contribution is 5.91. The van der Waals surface area contributed by atoms with Crippen molar-refractivity contribution in [3.8, 4) is 0 Å². The molecule has 0 amide bonds. The van der Waals surface area contributed by atoms with E-state index in [0.717, 1.165) is 31.2 Å². The first-order valence-electron chi connectivity index (χ1n) is 13.2. The average Bonchev–Trinajstić information content (AvgIpc) is 3.22. The van der Waals surface area contributed by atoms with E-state index in [1.54, 1.807) is 5.57 Å². The molecule has 5 atom stereocenters. The topological polar surface area (TPSA) is 39.2 Å². The third-order valence-corrected chi connectivity index (χ3v) is 9.72. The van der Waals surface area contributed by atoms with Gasteiger partial charge in [0.1, 0.15) is 6.10 Å². The van der Waals surface area contributed by atoms with E-state index < -0.39 is 0 Å². The third-order valence-electron chi connectivity index (χ3n) is 9.72. The smallest absolute Gasteiger partial charge is 0.338 e. The van der Waals surface area contributed by atoms with Crippen LogP contribution in [0.3, 0.4) is 0 Å². The van der Waals surface area contributed by atoms with Gasteiger partial charge in [0.25, 0.3) is 0 Å². The van der Waals surface area contributed by atoms with Gasteiger partial charge in [0.15, 0.2) is 0 Å². The highest BCUT2D eigenvalue weighted by atomic mass is 16.5. The molecule has 4 aliphatic rings. The summed E-state index contributed by atoms with van der Waals surface area (Å²) >= 11 is 0. The monoisotopic (exact) mass is 465 g/mol. The lowest BCUT2D eigenvalue weighted by molar-refractivity contribution is 0.00240. The highest BCUT2D eigenvalue weighted by Crippen LogP contribution is 2.64. The van der Waals surface area contributed by atoms with Crippen molar-refractivity contribution >= 4 is 11.5 Å². The molecule has 2 saturated carbocycles. The average molecular weight is 466 g/mol. The van der Waals surface area contributed by atoms with Crippen molar-refractivity contribution in [1.29, 1.82) is 0 Å². The molecule has 3 nitrogen and oxygen atoms in total. The minimum Gasteiger partial charge on any atom is -0.458 e.